The van der Waals surface area contributed by atoms with Crippen LogP contribution in [0.3, 0.4) is 0 Å². The lowest BCUT2D eigenvalue weighted by molar-refractivity contribution is 0.624. The molecular formula is C18H21ClFN. The number of rotatable bonds is 6. The van der Waals surface area contributed by atoms with E-state index < -0.39 is 0 Å². The lowest BCUT2D eigenvalue weighted by atomic mass is 10.1. The predicted molar refractivity (Wildman–Crippen MR) is 88.5 cm³/mol. The van der Waals surface area contributed by atoms with E-state index in [1.54, 1.807) is 6.07 Å². The van der Waals surface area contributed by atoms with Crippen molar-refractivity contribution >= 4 is 17.3 Å². The molecule has 2 rings (SSSR count). The van der Waals surface area contributed by atoms with Gasteiger partial charge in [0.25, 0.3) is 0 Å². The van der Waals surface area contributed by atoms with E-state index in [0.717, 1.165) is 17.7 Å². The molecule has 112 valence electrons. The van der Waals surface area contributed by atoms with E-state index in [-0.39, 0.29) is 16.9 Å². The van der Waals surface area contributed by atoms with Crippen molar-refractivity contribution in [2.75, 3.05) is 5.32 Å². The van der Waals surface area contributed by atoms with E-state index in [0.29, 0.717) is 0 Å². The van der Waals surface area contributed by atoms with Crippen LogP contribution in [-0.4, -0.2) is 0 Å². The predicted octanol–water partition coefficient (Wildman–Crippen LogP) is 5.99. The lowest BCUT2D eigenvalue weighted by Gasteiger charge is -2.16. The highest BCUT2D eigenvalue weighted by Crippen LogP contribution is 2.23. The van der Waals surface area contributed by atoms with E-state index in [9.17, 15) is 4.39 Å². The molecule has 0 aliphatic heterocycles. The fraction of sp³-hybridized carbons (Fsp3) is 0.333. The summed E-state index contributed by atoms with van der Waals surface area (Å²) in [6.07, 6.45) is 3.54. The number of aryl methyl sites for hydroxylation is 1. The van der Waals surface area contributed by atoms with Crippen molar-refractivity contribution < 1.29 is 4.39 Å². The molecule has 2 aromatic rings. The molecule has 0 aromatic heterocycles. The summed E-state index contributed by atoms with van der Waals surface area (Å²) in [5, 5.41) is 3.54. The molecule has 0 fully saturated rings. The maximum Gasteiger partial charge on any atom is 0.142 e. The van der Waals surface area contributed by atoms with Crippen LogP contribution in [0.1, 0.15) is 43.9 Å². The molecule has 21 heavy (non-hydrogen) atoms. The minimum Gasteiger partial charge on any atom is -0.379 e. The molecule has 1 atom stereocenters. The van der Waals surface area contributed by atoms with Crippen molar-refractivity contribution in [1.29, 1.82) is 0 Å². The van der Waals surface area contributed by atoms with Crippen LogP contribution in [0.4, 0.5) is 10.1 Å². The molecule has 3 heteroatoms. The number of unbranched alkanes of at least 4 members (excludes halogenated alkanes) is 1. The standard InChI is InChI=1S/C18H21ClFN/c1-3-4-5-14-6-9-16(10-7-14)21-13(2)15-8-11-17(19)18(20)12-15/h6-13,21H,3-5H2,1-2H3. The number of hydrogen-bond donors (Lipinski definition) is 1. The molecule has 0 saturated carbocycles. The molecule has 1 nitrogen and oxygen atoms in total. The Hall–Kier alpha value is -1.54. The number of benzene rings is 2. The third kappa shape index (κ3) is 4.47. The van der Waals surface area contributed by atoms with Gasteiger partial charge in [-0.3, -0.25) is 0 Å². The van der Waals surface area contributed by atoms with E-state index >= 15 is 0 Å². The summed E-state index contributed by atoms with van der Waals surface area (Å²) < 4.78 is 13.5. The van der Waals surface area contributed by atoms with E-state index in [1.165, 1.54) is 24.5 Å². The van der Waals surface area contributed by atoms with Crippen LogP contribution in [0.25, 0.3) is 0 Å². The van der Waals surface area contributed by atoms with Gasteiger partial charge in [-0.15, -0.1) is 0 Å². The Morgan fingerprint density at radius 1 is 1.14 bits per heavy atom. The molecule has 0 spiro atoms. The largest absolute Gasteiger partial charge is 0.379 e. The number of hydrogen-bond acceptors (Lipinski definition) is 1. The Bertz CT molecular complexity index is 580. The van der Waals surface area contributed by atoms with Gasteiger partial charge in [0.05, 0.1) is 5.02 Å². The Kier molecular flexibility index (Phi) is 5.63. The first kappa shape index (κ1) is 15.8. The topological polar surface area (TPSA) is 12.0 Å². The third-order valence-electron chi connectivity index (χ3n) is 3.60. The van der Waals surface area contributed by atoms with Gasteiger partial charge in [0.2, 0.25) is 0 Å². The third-order valence-corrected chi connectivity index (χ3v) is 3.91. The van der Waals surface area contributed by atoms with Crippen LogP contribution in [-0.2, 0) is 6.42 Å². The van der Waals surface area contributed by atoms with Crippen molar-refractivity contribution in [3.8, 4) is 0 Å². The quantitative estimate of drug-likeness (QED) is 0.690. The molecule has 0 radical (unpaired) electrons. The Labute approximate surface area is 131 Å². The highest BCUT2D eigenvalue weighted by Gasteiger charge is 2.08. The number of nitrogens with one attached hydrogen (secondary N) is 1. The number of anilines is 1. The lowest BCUT2D eigenvalue weighted by Crippen LogP contribution is -2.07. The Balaban J connectivity index is 2.01. The zero-order valence-corrected chi connectivity index (χ0v) is 13.3. The summed E-state index contributed by atoms with van der Waals surface area (Å²) in [7, 11) is 0. The molecular weight excluding hydrogens is 285 g/mol. The van der Waals surface area contributed by atoms with Crippen molar-refractivity contribution in [3.63, 3.8) is 0 Å². The fourth-order valence-corrected chi connectivity index (χ4v) is 2.38. The van der Waals surface area contributed by atoms with Gasteiger partial charge in [-0.1, -0.05) is 43.1 Å². The molecule has 0 aliphatic carbocycles. The molecule has 0 amide bonds. The van der Waals surface area contributed by atoms with Crippen molar-refractivity contribution in [2.24, 2.45) is 0 Å². The van der Waals surface area contributed by atoms with Gasteiger partial charge in [-0.25, -0.2) is 4.39 Å². The molecule has 0 heterocycles. The van der Waals surface area contributed by atoms with Gasteiger partial charge < -0.3 is 5.32 Å². The van der Waals surface area contributed by atoms with Gasteiger partial charge in [-0.05, 0) is 55.2 Å². The zero-order valence-electron chi connectivity index (χ0n) is 12.5. The van der Waals surface area contributed by atoms with Crippen molar-refractivity contribution in [1.82, 2.24) is 0 Å². The smallest absolute Gasteiger partial charge is 0.142 e. The highest BCUT2D eigenvalue weighted by molar-refractivity contribution is 6.30. The van der Waals surface area contributed by atoms with E-state index in [2.05, 4.69) is 36.5 Å². The van der Waals surface area contributed by atoms with Crippen LogP contribution in [0.15, 0.2) is 42.5 Å². The summed E-state index contributed by atoms with van der Waals surface area (Å²) in [5.41, 5.74) is 3.28. The number of halogens is 2. The van der Waals surface area contributed by atoms with Crippen LogP contribution >= 0.6 is 11.6 Å². The Morgan fingerprint density at radius 2 is 1.86 bits per heavy atom. The Morgan fingerprint density at radius 3 is 2.48 bits per heavy atom. The molecule has 0 bridgehead atoms. The second-order valence-electron chi connectivity index (χ2n) is 5.34. The molecule has 0 saturated heterocycles. The molecule has 1 N–H and O–H groups in total. The van der Waals surface area contributed by atoms with Gasteiger partial charge in [0, 0.05) is 11.7 Å². The summed E-state index contributed by atoms with van der Waals surface area (Å²) in [6.45, 7) is 4.20. The first-order chi connectivity index (χ1) is 10.1. The monoisotopic (exact) mass is 305 g/mol. The van der Waals surface area contributed by atoms with Crippen molar-refractivity contribution in [2.45, 2.75) is 39.2 Å². The molecule has 0 aliphatic rings. The van der Waals surface area contributed by atoms with Crippen LogP contribution < -0.4 is 5.32 Å². The second kappa shape index (κ2) is 7.46. The molecule has 2 aromatic carbocycles. The summed E-state index contributed by atoms with van der Waals surface area (Å²) in [5.74, 6) is -0.377. The SMILES string of the molecule is CCCCc1ccc(NC(C)c2ccc(Cl)c(F)c2)cc1. The van der Waals surface area contributed by atoms with Gasteiger partial charge >= 0.3 is 0 Å². The highest BCUT2D eigenvalue weighted by atomic mass is 35.5. The van der Waals surface area contributed by atoms with Gasteiger partial charge in [-0.2, -0.15) is 0 Å². The van der Waals surface area contributed by atoms with Crippen LogP contribution in [0.2, 0.25) is 5.02 Å². The fourth-order valence-electron chi connectivity index (χ4n) is 2.26. The first-order valence-corrected chi connectivity index (χ1v) is 7.78. The van der Waals surface area contributed by atoms with Crippen molar-refractivity contribution in [3.05, 3.63) is 64.4 Å². The summed E-state index contributed by atoms with van der Waals surface area (Å²) >= 11 is 5.71. The second-order valence-corrected chi connectivity index (χ2v) is 5.75. The minimum absolute atomic E-state index is 0.0262. The van der Waals surface area contributed by atoms with E-state index in [1.807, 2.05) is 13.0 Å². The normalized spacial score (nSPS) is 12.2. The summed E-state index contributed by atoms with van der Waals surface area (Å²) in [4.78, 5) is 0. The average Bonchev–Trinajstić information content (AvgIpc) is 2.49. The first-order valence-electron chi connectivity index (χ1n) is 7.40. The maximum absolute atomic E-state index is 13.5. The maximum atomic E-state index is 13.5. The van der Waals surface area contributed by atoms with Gasteiger partial charge in [0.15, 0.2) is 0 Å². The minimum atomic E-state index is -0.377. The zero-order chi connectivity index (χ0) is 15.2. The van der Waals surface area contributed by atoms with E-state index in [4.69, 9.17) is 11.6 Å². The molecule has 1 unspecified atom stereocenters. The van der Waals surface area contributed by atoms with Crippen LogP contribution in [0, 0.1) is 5.82 Å². The average molecular weight is 306 g/mol. The summed E-state index contributed by atoms with van der Waals surface area (Å²) in [6, 6.07) is 13.4. The van der Waals surface area contributed by atoms with Crippen LogP contribution in [0.5, 0.6) is 0 Å². The van der Waals surface area contributed by atoms with Gasteiger partial charge in [0.1, 0.15) is 5.82 Å².